The highest BCUT2D eigenvalue weighted by atomic mass is 16.5. The van der Waals surface area contributed by atoms with Gasteiger partial charge >= 0.3 is 0 Å². The van der Waals surface area contributed by atoms with Crippen molar-refractivity contribution in [3.8, 4) is 0 Å². The van der Waals surface area contributed by atoms with Crippen molar-refractivity contribution in [1.82, 2.24) is 15.9 Å². The molecule has 1 amide bonds. The molecule has 3 rings (SSSR count). The van der Waals surface area contributed by atoms with E-state index >= 15 is 0 Å². The van der Waals surface area contributed by atoms with E-state index in [2.05, 4.69) is 34.8 Å². The minimum absolute atomic E-state index is 0.0915. The van der Waals surface area contributed by atoms with Crippen LogP contribution in [0.15, 0.2) is 45.2 Å². The molecule has 2 aliphatic carbocycles. The van der Waals surface area contributed by atoms with E-state index in [1.807, 2.05) is 45.1 Å². The summed E-state index contributed by atoms with van der Waals surface area (Å²) >= 11 is 0. The first-order chi connectivity index (χ1) is 17.2. The first-order valence-electron chi connectivity index (χ1n) is 13.3. The van der Waals surface area contributed by atoms with Crippen LogP contribution in [0.5, 0.6) is 0 Å². The zero-order valence-electron chi connectivity index (χ0n) is 22.5. The number of amides is 1. The van der Waals surface area contributed by atoms with Crippen LogP contribution in [0.1, 0.15) is 114 Å². The molecule has 2 fully saturated rings. The number of allylic oxidation sites excluding steroid dienone is 6. The van der Waals surface area contributed by atoms with Gasteiger partial charge in [0.15, 0.2) is 0 Å². The molecule has 0 aromatic carbocycles. The van der Waals surface area contributed by atoms with Gasteiger partial charge in [0.05, 0.1) is 5.69 Å². The SMILES string of the molecule is C/C=C/C(C)=C\C=C(/C)NC(=O)C[C@H](C/C(=N/N)NN)c1noc(C2CC(CC(C)C)C2)c1C1CC1. The molecule has 0 spiro atoms. The summed E-state index contributed by atoms with van der Waals surface area (Å²) in [4.78, 5) is 13.0. The van der Waals surface area contributed by atoms with Gasteiger partial charge in [0.25, 0.3) is 0 Å². The van der Waals surface area contributed by atoms with Crippen molar-refractivity contribution < 1.29 is 9.32 Å². The molecule has 6 N–H and O–H groups in total. The number of nitrogens with one attached hydrogen (secondary N) is 2. The lowest BCUT2D eigenvalue weighted by Crippen LogP contribution is -2.34. The number of rotatable bonds is 12. The Hall–Kier alpha value is -2.87. The molecule has 0 radical (unpaired) electrons. The van der Waals surface area contributed by atoms with E-state index in [1.165, 1.54) is 12.0 Å². The van der Waals surface area contributed by atoms with Crippen LogP contribution >= 0.6 is 0 Å². The van der Waals surface area contributed by atoms with Crippen LogP contribution in [0.2, 0.25) is 0 Å². The number of nitrogens with zero attached hydrogens (tertiary/aromatic N) is 2. The average Bonchev–Trinajstić information content (AvgIpc) is 3.55. The van der Waals surface area contributed by atoms with Crippen LogP contribution in [0.25, 0.3) is 0 Å². The van der Waals surface area contributed by atoms with Crippen LogP contribution in [-0.2, 0) is 4.79 Å². The molecule has 8 nitrogen and oxygen atoms in total. The molecule has 0 unspecified atom stereocenters. The largest absolute Gasteiger partial charge is 0.361 e. The molecule has 1 aromatic heterocycles. The first kappa shape index (κ1) is 27.7. The molecule has 2 aliphatic rings. The van der Waals surface area contributed by atoms with E-state index in [9.17, 15) is 4.79 Å². The Morgan fingerprint density at radius 3 is 2.50 bits per heavy atom. The fraction of sp³-hybridized carbons (Fsp3) is 0.607. The van der Waals surface area contributed by atoms with Crippen molar-refractivity contribution in [2.24, 2.45) is 28.6 Å². The third-order valence-corrected chi connectivity index (χ3v) is 7.12. The van der Waals surface area contributed by atoms with Crippen molar-refractivity contribution in [2.75, 3.05) is 0 Å². The maximum absolute atomic E-state index is 13.0. The van der Waals surface area contributed by atoms with Crippen molar-refractivity contribution in [3.63, 3.8) is 0 Å². The maximum Gasteiger partial charge on any atom is 0.224 e. The standard InChI is InChI=1S/C28H44N6O2/c1-6-7-18(4)8-9-19(5)31-25(35)16-22(15-24(32-29)33-30)27-26(21-10-11-21)28(36-34-27)23-13-20(14-23)12-17(2)3/h6-9,17,20-23H,10-16,29-30H2,1-5H3,(H,31,35)(H,32,33)/b7-6+,18-8-,19-9+/t20?,22-,23?/m0/s1. The van der Waals surface area contributed by atoms with Crippen molar-refractivity contribution >= 4 is 11.7 Å². The van der Waals surface area contributed by atoms with E-state index in [1.54, 1.807) is 0 Å². The van der Waals surface area contributed by atoms with Crippen LogP contribution in [0.3, 0.4) is 0 Å². The molecule has 1 aromatic rings. The number of amidine groups is 1. The number of nitrogens with two attached hydrogens (primary N) is 2. The predicted octanol–water partition coefficient (Wildman–Crippen LogP) is 5.23. The summed E-state index contributed by atoms with van der Waals surface area (Å²) in [6, 6.07) is 0. The summed E-state index contributed by atoms with van der Waals surface area (Å²) in [5.74, 6) is 14.7. The molecule has 198 valence electrons. The molecule has 36 heavy (non-hydrogen) atoms. The lowest BCUT2D eigenvalue weighted by Gasteiger charge is -2.35. The quantitative estimate of drug-likeness (QED) is 0.103. The minimum Gasteiger partial charge on any atom is -0.361 e. The molecule has 0 bridgehead atoms. The molecule has 2 saturated carbocycles. The fourth-order valence-corrected chi connectivity index (χ4v) is 5.26. The molecule has 8 heteroatoms. The Morgan fingerprint density at radius 2 is 1.92 bits per heavy atom. The topological polar surface area (TPSA) is 132 Å². The van der Waals surface area contributed by atoms with Crippen molar-refractivity contribution in [3.05, 3.63) is 52.6 Å². The number of aromatic nitrogens is 1. The molecular formula is C28H44N6O2. The Balaban J connectivity index is 1.79. The van der Waals surface area contributed by atoms with Gasteiger partial charge in [0, 0.05) is 35.9 Å². The summed E-state index contributed by atoms with van der Waals surface area (Å²) in [6.45, 7) is 10.4. The Morgan fingerprint density at radius 1 is 1.19 bits per heavy atom. The van der Waals surface area contributed by atoms with E-state index < -0.39 is 0 Å². The van der Waals surface area contributed by atoms with Crippen LogP contribution in [-0.4, -0.2) is 16.9 Å². The van der Waals surface area contributed by atoms with Gasteiger partial charge in [-0.05, 0) is 76.7 Å². The zero-order valence-corrected chi connectivity index (χ0v) is 22.5. The monoisotopic (exact) mass is 496 g/mol. The summed E-state index contributed by atoms with van der Waals surface area (Å²) < 4.78 is 6.00. The predicted molar refractivity (Wildman–Crippen MR) is 145 cm³/mol. The summed E-state index contributed by atoms with van der Waals surface area (Å²) in [5.41, 5.74) is 6.52. The van der Waals surface area contributed by atoms with Gasteiger partial charge in [-0.15, -0.1) is 0 Å². The lowest BCUT2D eigenvalue weighted by atomic mass is 9.69. The highest BCUT2D eigenvalue weighted by molar-refractivity contribution is 5.84. The van der Waals surface area contributed by atoms with Crippen LogP contribution < -0.4 is 22.4 Å². The second-order valence-electron chi connectivity index (χ2n) is 10.9. The second-order valence-corrected chi connectivity index (χ2v) is 10.9. The van der Waals surface area contributed by atoms with Crippen LogP contribution in [0, 0.1) is 11.8 Å². The second kappa shape index (κ2) is 12.9. The summed E-state index contributed by atoms with van der Waals surface area (Å²) in [7, 11) is 0. The molecule has 0 aliphatic heterocycles. The van der Waals surface area contributed by atoms with Gasteiger partial charge in [-0.1, -0.05) is 42.8 Å². The minimum atomic E-state index is -0.240. The molecule has 0 saturated heterocycles. The highest BCUT2D eigenvalue weighted by Crippen LogP contribution is 2.52. The van der Waals surface area contributed by atoms with E-state index in [0.29, 0.717) is 30.0 Å². The smallest absolute Gasteiger partial charge is 0.224 e. The van der Waals surface area contributed by atoms with Crippen molar-refractivity contribution in [2.45, 2.75) is 97.3 Å². The van der Waals surface area contributed by atoms with Crippen molar-refractivity contribution in [1.29, 1.82) is 0 Å². The number of carbonyl (C=O) groups excluding carboxylic acids is 1. The number of carbonyl (C=O) groups is 1. The zero-order chi connectivity index (χ0) is 26.2. The summed E-state index contributed by atoms with van der Waals surface area (Å²) in [5, 5.41) is 11.3. The normalized spacial score (nSPS) is 22.1. The van der Waals surface area contributed by atoms with Gasteiger partial charge in [0.2, 0.25) is 5.91 Å². The van der Waals surface area contributed by atoms with Crippen LogP contribution in [0.4, 0.5) is 0 Å². The molecular weight excluding hydrogens is 452 g/mol. The molecule has 1 heterocycles. The average molecular weight is 497 g/mol. The molecule has 1 atom stereocenters. The van der Waals surface area contributed by atoms with E-state index in [4.69, 9.17) is 16.2 Å². The number of hydrogen-bond acceptors (Lipinski definition) is 6. The third kappa shape index (κ3) is 7.56. The third-order valence-electron chi connectivity index (χ3n) is 7.12. The number of hydrazone groups is 1. The fourth-order valence-electron chi connectivity index (χ4n) is 5.26. The highest BCUT2D eigenvalue weighted by Gasteiger charge is 2.41. The number of hydrogen-bond donors (Lipinski definition) is 4. The van der Waals surface area contributed by atoms with E-state index in [-0.39, 0.29) is 18.2 Å². The van der Waals surface area contributed by atoms with Gasteiger partial charge in [-0.2, -0.15) is 5.10 Å². The maximum atomic E-state index is 13.0. The van der Waals surface area contributed by atoms with E-state index in [0.717, 1.165) is 54.3 Å². The Kier molecular flexibility index (Phi) is 9.93. The lowest BCUT2D eigenvalue weighted by molar-refractivity contribution is -0.120. The van der Waals surface area contributed by atoms with Gasteiger partial charge < -0.3 is 21.1 Å². The first-order valence-corrected chi connectivity index (χ1v) is 13.3. The Bertz CT molecular complexity index is 1010. The van der Waals surface area contributed by atoms with Gasteiger partial charge in [0.1, 0.15) is 11.6 Å². The Labute approximate surface area is 215 Å². The van der Waals surface area contributed by atoms with Gasteiger partial charge in [-0.3, -0.25) is 4.79 Å². The van der Waals surface area contributed by atoms with Gasteiger partial charge in [-0.25, -0.2) is 5.84 Å². The summed E-state index contributed by atoms with van der Waals surface area (Å²) in [6.07, 6.45) is 14.3. The number of hydrazine groups is 1.